The van der Waals surface area contributed by atoms with Gasteiger partial charge in [-0.05, 0) is 54.2 Å². The number of fused-ring (bicyclic) bond motifs is 1. The first-order valence-electron chi connectivity index (χ1n) is 6.20. The number of benzene rings is 2. The van der Waals surface area contributed by atoms with E-state index in [1.165, 1.54) is 33.5 Å². The molecule has 0 atom stereocenters. The van der Waals surface area contributed by atoms with E-state index in [4.69, 9.17) is 0 Å². The predicted octanol–water partition coefficient (Wildman–Crippen LogP) is 3.94. The van der Waals surface area contributed by atoms with Crippen LogP contribution in [0.1, 0.15) is 16.7 Å². The van der Waals surface area contributed by atoms with Gasteiger partial charge in [-0.25, -0.2) is 0 Å². The Morgan fingerprint density at radius 1 is 0.941 bits per heavy atom. The van der Waals surface area contributed by atoms with E-state index in [0.717, 1.165) is 13.0 Å². The first kappa shape index (κ1) is 10.4. The molecule has 0 saturated heterocycles. The van der Waals surface area contributed by atoms with Crippen LogP contribution in [0.5, 0.6) is 0 Å². The van der Waals surface area contributed by atoms with Crippen molar-refractivity contribution in [2.75, 3.05) is 11.9 Å². The average molecular weight is 223 g/mol. The summed E-state index contributed by atoms with van der Waals surface area (Å²) in [5, 5.41) is 3.44. The fourth-order valence-electron chi connectivity index (χ4n) is 2.64. The lowest BCUT2D eigenvalue weighted by molar-refractivity contribution is 1.11. The van der Waals surface area contributed by atoms with Crippen LogP contribution in [-0.2, 0) is 6.42 Å². The molecule has 2 aromatic carbocycles. The Morgan fingerprint density at radius 3 is 2.59 bits per heavy atom. The van der Waals surface area contributed by atoms with Crippen molar-refractivity contribution in [3.05, 3.63) is 53.1 Å². The van der Waals surface area contributed by atoms with Gasteiger partial charge in [-0.3, -0.25) is 0 Å². The number of anilines is 1. The lowest BCUT2D eigenvalue weighted by Gasteiger charge is -2.12. The zero-order chi connectivity index (χ0) is 11.8. The highest BCUT2D eigenvalue weighted by Gasteiger charge is 2.15. The van der Waals surface area contributed by atoms with E-state index in [2.05, 4.69) is 55.6 Å². The molecule has 0 aliphatic carbocycles. The summed E-state index contributed by atoms with van der Waals surface area (Å²) >= 11 is 0. The quantitative estimate of drug-likeness (QED) is 0.772. The second-order valence-electron chi connectivity index (χ2n) is 4.76. The minimum Gasteiger partial charge on any atom is -0.384 e. The van der Waals surface area contributed by atoms with Gasteiger partial charge >= 0.3 is 0 Å². The van der Waals surface area contributed by atoms with Gasteiger partial charge in [0.15, 0.2) is 0 Å². The van der Waals surface area contributed by atoms with Gasteiger partial charge in [-0.1, -0.05) is 30.3 Å². The van der Waals surface area contributed by atoms with E-state index < -0.39 is 0 Å². The van der Waals surface area contributed by atoms with Crippen LogP contribution >= 0.6 is 0 Å². The molecule has 0 saturated carbocycles. The second-order valence-corrected chi connectivity index (χ2v) is 4.76. The van der Waals surface area contributed by atoms with Gasteiger partial charge < -0.3 is 5.32 Å². The van der Waals surface area contributed by atoms with Crippen molar-refractivity contribution < 1.29 is 0 Å². The van der Waals surface area contributed by atoms with E-state index in [-0.39, 0.29) is 0 Å². The van der Waals surface area contributed by atoms with E-state index in [1.807, 2.05) is 0 Å². The molecule has 1 heterocycles. The lowest BCUT2D eigenvalue weighted by atomic mass is 9.92. The van der Waals surface area contributed by atoms with Gasteiger partial charge in [-0.15, -0.1) is 0 Å². The third-order valence-corrected chi connectivity index (χ3v) is 3.76. The van der Waals surface area contributed by atoms with Crippen LogP contribution in [-0.4, -0.2) is 6.54 Å². The van der Waals surface area contributed by atoms with E-state index >= 15 is 0 Å². The SMILES string of the molecule is Cc1cccc(-c2cccc3c2CCN3)c1C. The molecule has 1 nitrogen and oxygen atoms in total. The van der Waals surface area contributed by atoms with Crippen LogP contribution in [0.2, 0.25) is 0 Å². The van der Waals surface area contributed by atoms with E-state index in [1.54, 1.807) is 0 Å². The highest BCUT2D eigenvalue weighted by atomic mass is 14.9. The maximum Gasteiger partial charge on any atom is 0.0379 e. The highest BCUT2D eigenvalue weighted by Crippen LogP contribution is 2.34. The summed E-state index contributed by atoms with van der Waals surface area (Å²) < 4.78 is 0. The number of aryl methyl sites for hydroxylation is 1. The topological polar surface area (TPSA) is 12.0 Å². The molecule has 1 aliphatic rings. The Kier molecular flexibility index (Phi) is 2.40. The minimum absolute atomic E-state index is 1.07. The van der Waals surface area contributed by atoms with E-state index in [9.17, 15) is 0 Å². The summed E-state index contributed by atoms with van der Waals surface area (Å²) in [6, 6.07) is 13.1. The van der Waals surface area contributed by atoms with Crippen LogP contribution in [0.15, 0.2) is 36.4 Å². The van der Waals surface area contributed by atoms with Gasteiger partial charge in [-0.2, -0.15) is 0 Å². The molecule has 1 aliphatic heterocycles. The monoisotopic (exact) mass is 223 g/mol. The largest absolute Gasteiger partial charge is 0.384 e. The van der Waals surface area contributed by atoms with Crippen LogP contribution in [0.4, 0.5) is 5.69 Å². The lowest BCUT2D eigenvalue weighted by Crippen LogP contribution is -1.91. The molecule has 0 aromatic heterocycles. The Hall–Kier alpha value is -1.76. The Morgan fingerprint density at radius 2 is 1.71 bits per heavy atom. The van der Waals surface area contributed by atoms with E-state index in [0.29, 0.717) is 0 Å². The third-order valence-electron chi connectivity index (χ3n) is 3.76. The van der Waals surface area contributed by atoms with Crippen molar-refractivity contribution in [1.82, 2.24) is 0 Å². The summed E-state index contributed by atoms with van der Waals surface area (Å²) in [5.74, 6) is 0. The summed E-state index contributed by atoms with van der Waals surface area (Å²) in [5.41, 5.74) is 8.32. The van der Waals surface area contributed by atoms with Crippen molar-refractivity contribution in [2.45, 2.75) is 20.3 Å². The number of hydrogen-bond donors (Lipinski definition) is 1. The van der Waals surface area contributed by atoms with Gasteiger partial charge in [0.25, 0.3) is 0 Å². The normalized spacial score (nSPS) is 13.3. The van der Waals surface area contributed by atoms with Crippen LogP contribution in [0, 0.1) is 13.8 Å². The molecular weight excluding hydrogens is 206 g/mol. The van der Waals surface area contributed by atoms with Gasteiger partial charge in [0.1, 0.15) is 0 Å². The fourth-order valence-corrected chi connectivity index (χ4v) is 2.64. The van der Waals surface area contributed by atoms with Gasteiger partial charge in [0.2, 0.25) is 0 Å². The molecule has 86 valence electrons. The standard InChI is InChI=1S/C16H17N/c1-11-5-3-6-13(12(11)2)14-7-4-8-16-15(14)9-10-17-16/h3-8,17H,9-10H2,1-2H3. The summed E-state index contributed by atoms with van der Waals surface area (Å²) in [4.78, 5) is 0. The first-order chi connectivity index (χ1) is 8.27. The van der Waals surface area contributed by atoms with Crippen molar-refractivity contribution in [3.63, 3.8) is 0 Å². The highest BCUT2D eigenvalue weighted by molar-refractivity contribution is 5.78. The fraction of sp³-hybridized carbons (Fsp3) is 0.250. The van der Waals surface area contributed by atoms with Crippen LogP contribution in [0.25, 0.3) is 11.1 Å². The molecule has 0 amide bonds. The zero-order valence-corrected chi connectivity index (χ0v) is 10.4. The molecular formula is C16H17N. The maximum atomic E-state index is 3.44. The Bertz CT molecular complexity index is 570. The smallest absolute Gasteiger partial charge is 0.0379 e. The molecule has 17 heavy (non-hydrogen) atoms. The third kappa shape index (κ3) is 1.62. The van der Waals surface area contributed by atoms with Crippen LogP contribution < -0.4 is 5.32 Å². The molecule has 1 heteroatoms. The Labute approximate surface area is 102 Å². The number of hydrogen-bond acceptors (Lipinski definition) is 1. The molecule has 0 radical (unpaired) electrons. The average Bonchev–Trinajstić information content (AvgIpc) is 2.81. The Balaban J connectivity index is 2.23. The second kappa shape index (κ2) is 3.92. The number of nitrogens with one attached hydrogen (secondary N) is 1. The minimum atomic E-state index is 1.07. The number of rotatable bonds is 1. The maximum absolute atomic E-state index is 3.44. The van der Waals surface area contributed by atoms with Crippen molar-refractivity contribution in [3.8, 4) is 11.1 Å². The molecule has 1 N–H and O–H groups in total. The molecule has 0 unspecified atom stereocenters. The summed E-state index contributed by atoms with van der Waals surface area (Å²) in [6.45, 7) is 5.46. The zero-order valence-electron chi connectivity index (χ0n) is 10.4. The van der Waals surface area contributed by atoms with Crippen molar-refractivity contribution in [1.29, 1.82) is 0 Å². The van der Waals surface area contributed by atoms with Gasteiger partial charge in [0.05, 0.1) is 0 Å². The molecule has 0 bridgehead atoms. The molecule has 3 rings (SSSR count). The first-order valence-corrected chi connectivity index (χ1v) is 6.20. The van der Waals surface area contributed by atoms with Gasteiger partial charge in [0, 0.05) is 12.2 Å². The van der Waals surface area contributed by atoms with Crippen molar-refractivity contribution >= 4 is 5.69 Å². The van der Waals surface area contributed by atoms with Crippen molar-refractivity contribution in [2.24, 2.45) is 0 Å². The molecule has 0 fully saturated rings. The summed E-state index contributed by atoms with van der Waals surface area (Å²) in [6.07, 6.45) is 1.14. The summed E-state index contributed by atoms with van der Waals surface area (Å²) in [7, 11) is 0. The predicted molar refractivity (Wildman–Crippen MR) is 73.5 cm³/mol. The molecule has 0 spiro atoms. The molecule has 2 aromatic rings. The van der Waals surface area contributed by atoms with Crippen LogP contribution in [0.3, 0.4) is 0 Å².